The van der Waals surface area contributed by atoms with Gasteiger partial charge in [-0.15, -0.1) is 17.9 Å². The number of hydrogen-bond acceptors (Lipinski definition) is 6. The summed E-state index contributed by atoms with van der Waals surface area (Å²) in [5, 5.41) is 9.58. The smallest absolute Gasteiger partial charge is 0.262 e. The zero-order valence-electron chi connectivity index (χ0n) is 19.5. The number of thiazole rings is 1. The first kappa shape index (κ1) is 23.3. The van der Waals surface area contributed by atoms with Gasteiger partial charge in [0.2, 0.25) is 4.80 Å². The summed E-state index contributed by atoms with van der Waals surface area (Å²) in [6.45, 7) is 4.78. The maximum atomic E-state index is 11.8. The zero-order chi connectivity index (χ0) is 24.7. The Morgan fingerprint density at radius 3 is 2.75 bits per heavy atom. The largest absolute Gasteiger partial charge is 0.489 e. The van der Waals surface area contributed by atoms with Crippen LogP contribution in [0.25, 0.3) is 11.3 Å². The molecule has 0 bridgehead atoms. The number of carbonyl (C=O) groups is 1. The number of nitrogens with one attached hydrogen (secondary N) is 1. The molecule has 3 aromatic carbocycles. The van der Waals surface area contributed by atoms with Crippen molar-refractivity contribution in [2.75, 3.05) is 18.5 Å². The molecule has 0 unspecified atom stereocenters. The summed E-state index contributed by atoms with van der Waals surface area (Å²) in [7, 11) is 0. The lowest BCUT2D eigenvalue weighted by molar-refractivity contribution is -0.118. The second kappa shape index (κ2) is 10.9. The number of amides is 1. The van der Waals surface area contributed by atoms with E-state index in [2.05, 4.69) is 16.9 Å². The minimum absolute atomic E-state index is 0.0236. The van der Waals surface area contributed by atoms with Gasteiger partial charge in [0.15, 0.2) is 6.61 Å². The Morgan fingerprint density at radius 2 is 1.94 bits per heavy atom. The van der Waals surface area contributed by atoms with Crippen LogP contribution in [-0.4, -0.2) is 29.9 Å². The molecule has 0 spiro atoms. The van der Waals surface area contributed by atoms with Crippen molar-refractivity contribution in [3.8, 4) is 22.8 Å². The number of benzene rings is 3. The minimum atomic E-state index is -0.172. The maximum Gasteiger partial charge on any atom is 0.262 e. The van der Waals surface area contributed by atoms with Gasteiger partial charge >= 0.3 is 0 Å². The Labute approximate surface area is 212 Å². The summed E-state index contributed by atoms with van der Waals surface area (Å²) in [4.78, 5) is 17.1. The third-order valence-electron chi connectivity index (χ3n) is 5.40. The van der Waals surface area contributed by atoms with Crippen LogP contribution >= 0.6 is 11.3 Å². The molecule has 36 heavy (non-hydrogen) atoms. The highest BCUT2D eigenvalue weighted by Crippen LogP contribution is 2.32. The van der Waals surface area contributed by atoms with Crippen molar-refractivity contribution in [1.29, 1.82) is 0 Å². The van der Waals surface area contributed by atoms with E-state index < -0.39 is 0 Å². The van der Waals surface area contributed by atoms with E-state index in [1.54, 1.807) is 17.0 Å². The molecule has 1 aliphatic heterocycles. The van der Waals surface area contributed by atoms with Gasteiger partial charge in [0, 0.05) is 10.9 Å². The van der Waals surface area contributed by atoms with Gasteiger partial charge in [-0.1, -0.05) is 36.4 Å². The summed E-state index contributed by atoms with van der Waals surface area (Å²) in [6, 6.07) is 23.5. The molecular formula is C28H24N4O3S. The first-order valence-corrected chi connectivity index (χ1v) is 12.3. The van der Waals surface area contributed by atoms with E-state index in [1.165, 1.54) is 11.3 Å². The van der Waals surface area contributed by atoms with E-state index in [4.69, 9.17) is 14.6 Å². The van der Waals surface area contributed by atoms with Crippen molar-refractivity contribution in [3.05, 3.63) is 107 Å². The van der Waals surface area contributed by atoms with Crippen molar-refractivity contribution in [2.45, 2.75) is 6.61 Å². The number of carbonyl (C=O) groups excluding carboxylic acids is 1. The highest BCUT2D eigenvalue weighted by atomic mass is 32.1. The number of ether oxygens (including phenoxy) is 2. The van der Waals surface area contributed by atoms with Crippen molar-refractivity contribution in [1.82, 2.24) is 4.68 Å². The second-order valence-electron chi connectivity index (χ2n) is 7.98. The Morgan fingerprint density at radius 1 is 1.11 bits per heavy atom. The highest BCUT2D eigenvalue weighted by molar-refractivity contribution is 7.07. The first-order chi connectivity index (χ1) is 17.7. The highest BCUT2D eigenvalue weighted by Gasteiger charge is 2.17. The average molecular weight is 497 g/mol. The lowest BCUT2D eigenvalue weighted by Crippen LogP contribution is -2.25. The standard InChI is InChI=1S/C28H24N4O3S/c1-2-14-29-28-32(25(19-36-28)22-10-13-26-24(15-22)31-27(33)18-35-26)30-16-20-8-11-23(12-9-20)34-17-21-6-4-3-5-7-21/h2-13,15-16,19H,1,14,17-18H2,(H,31,33). The van der Waals surface area contributed by atoms with Gasteiger partial charge in [0.05, 0.1) is 24.1 Å². The number of hydrogen-bond donors (Lipinski definition) is 1. The van der Waals surface area contributed by atoms with Crippen molar-refractivity contribution >= 4 is 29.1 Å². The van der Waals surface area contributed by atoms with Crippen LogP contribution < -0.4 is 19.6 Å². The topological polar surface area (TPSA) is 77.2 Å². The summed E-state index contributed by atoms with van der Waals surface area (Å²) < 4.78 is 13.2. The van der Waals surface area contributed by atoms with Gasteiger partial charge in [0.1, 0.15) is 18.1 Å². The fraction of sp³-hybridized carbons (Fsp3) is 0.107. The van der Waals surface area contributed by atoms with Crippen LogP contribution in [0.2, 0.25) is 0 Å². The molecule has 0 saturated carbocycles. The third kappa shape index (κ3) is 5.45. The molecule has 5 rings (SSSR count). The van der Waals surface area contributed by atoms with E-state index in [9.17, 15) is 4.79 Å². The van der Waals surface area contributed by atoms with Crippen LogP contribution in [0.3, 0.4) is 0 Å². The van der Waals surface area contributed by atoms with Gasteiger partial charge in [0.25, 0.3) is 5.91 Å². The van der Waals surface area contributed by atoms with Crippen LogP contribution in [0.4, 0.5) is 5.69 Å². The Hall–Kier alpha value is -4.43. The van der Waals surface area contributed by atoms with Crippen LogP contribution in [0, 0.1) is 0 Å². The predicted molar refractivity (Wildman–Crippen MR) is 143 cm³/mol. The van der Waals surface area contributed by atoms with Gasteiger partial charge in [-0.25, -0.2) is 4.68 Å². The first-order valence-electron chi connectivity index (χ1n) is 11.4. The fourth-order valence-corrected chi connectivity index (χ4v) is 4.47. The van der Waals surface area contributed by atoms with Gasteiger partial charge < -0.3 is 14.8 Å². The lowest BCUT2D eigenvalue weighted by atomic mass is 10.1. The Bertz CT molecular complexity index is 1470. The molecule has 1 amide bonds. The molecule has 1 aliphatic rings. The number of aromatic nitrogens is 1. The number of rotatable bonds is 8. The molecule has 2 heterocycles. The molecule has 7 nitrogen and oxygen atoms in total. The predicted octanol–water partition coefficient (Wildman–Crippen LogP) is 5.10. The molecular weight excluding hydrogens is 472 g/mol. The Balaban J connectivity index is 1.39. The van der Waals surface area contributed by atoms with Crippen molar-refractivity contribution < 1.29 is 14.3 Å². The number of anilines is 1. The summed E-state index contributed by atoms with van der Waals surface area (Å²) in [5.41, 5.74) is 4.42. The molecule has 0 saturated heterocycles. The number of fused-ring (bicyclic) bond motifs is 1. The van der Waals surface area contributed by atoms with Crippen LogP contribution in [-0.2, 0) is 11.4 Å². The molecule has 0 fully saturated rings. The molecule has 0 radical (unpaired) electrons. The maximum absolute atomic E-state index is 11.8. The lowest BCUT2D eigenvalue weighted by Gasteiger charge is -2.18. The van der Waals surface area contributed by atoms with Gasteiger partial charge in [-0.3, -0.25) is 9.79 Å². The molecule has 0 atom stereocenters. The minimum Gasteiger partial charge on any atom is -0.489 e. The summed E-state index contributed by atoms with van der Waals surface area (Å²) in [6.07, 6.45) is 3.53. The molecule has 1 aromatic heterocycles. The third-order valence-corrected chi connectivity index (χ3v) is 6.25. The molecule has 1 N–H and O–H groups in total. The summed E-state index contributed by atoms with van der Waals surface area (Å²) >= 11 is 1.49. The van der Waals surface area contributed by atoms with E-state index >= 15 is 0 Å². The second-order valence-corrected chi connectivity index (χ2v) is 8.82. The Kier molecular flexibility index (Phi) is 7.05. The van der Waals surface area contributed by atoms with Crippen LogP contribution in [0.5, 0.6) is 11.5 Å². The molecule has 0 aliphatic carbocycles. The van der Waals surface area contributed by atoms with E-state index in [1.807, 2.05) is 78.2 Å². The number of nitrogens with zero attached hydrogens (tertiary/aromatic N) is 3. The van der Waals surface area contributed by atoms with Crippen LogP contribution in [0.15, 0.2) is 101 Å². The monoisotopic (exact) mass is 496 g/mol. The van der Waals surface area contributed by atoms with E-state index in [0.29, 0.717) is 24.6 Å². The average Bonchev–Trinajstić information content (AvgIpc) is 3.33. The molecule has 180 valence electrons. The summed E-state index contributed by atoms with van der Waals surface area (Å²) in [5.74, 6) is 1.27. The van der Waals surface area contributed by atoms with E-state index in [-0.39, 0.29) is 12.5 Å². The molecule has 8 heteroatoms. The van der Waals surface area contributed by atoms with Crippen molar-refractivity contribution in [3.63, 3.8) is 0 Å². The quantitative estimate of drug-likeness (QED) is 0.273. The van der Waals surface area contributed by atoms with Gasteiger partial charge in [-0.2, -0.15) is 5.10 Å². The van der Waals surface area contributed by atoms with Crippen LogP contribution in [0.1, 0.15) is 11.1 Å². The van der Waals surface area contributed by atoms with E-state index in [0.717, 1.165) is 32.9 Å². The zero-order valence-corrected chi connectivity index (χ0v) is 20.3. The fourth-order valence-electron chi connectivity index (χ4n) is 3.62. The normalized spacial score (nSPS) is 13.2. The SMILES string of the molecule is C=CCN=c1scc(-c2ccc3c(c2)NC(=O)CO3)n1N=Cc1ccc(OCc2ccccc2)cc1. The molecule has 4 aromatic rings. The van der Waals surface area contributed by atoms with Crippen molar-refractivity contribution in [2.24, 2.45) is 10.1 Å². The van der Waals surface area contributed by atoms with Gasteiger partial charge in [-0.05, 0) is 53.6 Å².